The van der Waals surface area contributed by atoms with Crippen molar-refractivity contribution in [3.63, 3.8) is 0 Å². The molecule has 0 bridgehead atoms. The molecule has 0 fully saturated rings. The Balaban J connectivity index is 1.55. The molecule has 0 saturated carbocycles. The zero-order valence-corrected chi connectivity index (χ0v) is 24.6. The van der Waals surface area contributed by atoms with Crippen molar-refractivity contribution in [3.05, 3.63) is 74.3 Å². The summed E-state index contributed by atoms with van der Waals surface area (Å²) >= 11 is 0. The largest absolute Gasteiger partial charge is 0.744 e. The number of rotatable bonds is 3. The van der Waals surface area contributed by atoms with Gasteiger partial charge in [-0.3, -0.25) is 4.55 Å². The van der Waals surface area contributed by atoms with Crippen molar-refractivity contribution in [1.29, 1.82) is 0 Å². The van der Waals surface area contributed by atoms with Gasteiger partial charge in [0.15, 0.2) is 0 Å². The molecule has 8 rings (SSSR count). The molecular weight excluding hydrogens is 576 g/mol. The van der Waals surface area contributed by atoms with Crippen LogP contribution in [0.15, 0.2) is 40.1 Å². The van der Waals surface area contributed by atoms with E-state index in [-0.39, 0.29) is 5.56 Å². The Morgan fingerprint density at radius 2 is 1.52 bits per heavy atom. The van der Waals surface area contributed by atoms with Gasteiger partial charge in [0.1, 0.15) is 39.6 Å². The lowest BCUT2D eigenvalue weighted by Crippen LogP contribution is -2.45. The summed E-state index contributed by atoms with van der Waals surface area (Å²) < 4.78 is 81.0. The molecule has 218 valence electrons. The molecule has 0 aromatic heterocycles. The first-order chi connectivity index (χ1) is 20.1. The highest BCUT2D eigenvalue weighted by Crippen LogP contribution is 2.49. The molecule has 11 heteroatoms. The first-order valence-electron chi connectivity index (χ1n) is 14.6. The van der Waals surface area contributed by atoms with Crippen LogP contribution in [0.4, 0.5) is 5.69 Å². The molecule has 0 unspecified atom stereocenters. The van der Waals surface area contributed by atoms with Gasteiger partial charge in [-0.25, -0.2) is 13.0 Å². The lowest BCUT2D eigenvalue weighted by atomic mass is 9.82. The zero-order chi connectivity index (χ0) is 29.0. The Labute approximate surface area is 244 Å². The van der Waals surface area contributed by atoms with Gasteiger partial charge in [0, 0.05) is 64.7 Å². The van der Waals surface area contributed by atoms with E-state index < -0.39 is 30.0 Å². The van der Waals surface area contributed by atoms with E-state index in [0.717, 1.165) is 112 Å². The van der Waals surface area contributed by atoms with Gasteiger partial charge in [-0.15, -0.1) is 0 Å². The van der Waals surface area contributed by atoms with Crippen LogP contribution in [0.1, 0.15) is 59.1 Å². The van der Waals surface area contributed by atoms with E-state index in [9.17, 15) is 25.9 Å². The van der Waals surface area contributed by atoms with E-state index in [0.29, 0.717) is 17.1 Å². The van der Waals surface area contributed by atoms with Gasteiger partial charge >= 0.3 is 0 Å². The van der Waals surface area contributed by atoms with E-state index in [2.05, 4.69) is 21.6 Å². The normalized spacial score (nSPS) is 19.0. The maximum Gasteiger partial charge on any atom is 0.295 e. The van der Waals surface area contributed by atoms with Crippen LogP contribution in [-0.4, -0.2) is 52.1 Å². The van der Waals surface area contributed by atoms with Crippen molar-refractivity contribution >= 4 is 31.5 Å². The first kappa shape index (κ1) is 26.4. The van der Waals surface area contributed by atoms with E-state index >= 15 is 0 Å². The highest BCUT2D eigenvalue weighted by Gasteiger charge is 2.36. The molecule has 5 heterocycles. The minimum Gasteiger partial charge on any atom is -0.744 e. The molecule has 0 radical (unpaired) electrons. The molecule has 0 amide bonds. The predicted octanol–water partition coefficient (Wildman–Crippen LogP) is 2.27. The third-order valence-corrected chi connectivity index (χ3v) is 11.2. The molecule has 3 aromatic carbocycles. The molecule has 9 nitrogen and oxygen atoms in total. The number of aryl methyl sites for hydroxylation is 2. The minimum absolute atomic E-state index is 0.155. The lowest BCUT2D eigenvalue weighted by Gasteiger charge is -2.39. The van der Waals surface area contributed by atoms with Crippen LogP contribution < -0.4 is 24.8 Å². The van der Waals surface area contributed by atoms with Gasteiger partial charge in [-0.2, -0.15) is 8.42 Å². The monoisotopic (exact) mass is 606 g/mol. The lowest BCUT2D eigenvalue weighted by molar-refractivity contribution is 0.431. The number of nitrogens with zero attached hydrogens (tertiary/aromatic N) is 2. The summed E-state index contributed by atoms with van der Waals surface area (Å²) in [6.07, 6.45) is 7.40. The van der Waals surface area contributed by atoms with Gasteiger partial charge in [0.25, 0.3) is 10.1 Å². The highest BCUT2D eigenvalue weighted by molar-refractivity contribution is 7.86. The summed E-state index contributed by atoms with van der Waals surface area (Å²) in [6, 6.07) is 7.43. The SMILES string of the molecule is O=S(=O)([O-])c1ccc(C2=c3cc4c5c(c3Oc3c2cc2c6c3CCCN6CCC2)CCC[N+]=5CCC4)c(S(=O)(=O)O)c1. The van der Waals surface area contributed by atoms with E-state index in [4.69, 9.17) is 4.74 Å². The van der Waals surface area contributed by atoms with E-state index in [1.807, 2.05) is 0 Å². The van der Waals surface area contributed by atoms with Gasteiger partial charge in [0.2, 0.25) is 5.36 Å². The number of fused-ring (bicyclic) bond motifs is 4. The summed E-state index contributed by atoms with van der Waals surface area (Å²) in [5, 5.41) is 1.95. The Morgan fingerprint density at radius 3 is 2.29 bits per heavy atom. The van der Waals surface area contributed by atoms with Crippen molar-refractivity contribution in [2.75, 3.05) is 31.1 Å². The molecule has 5 aliphatic heterocycles. The first-order valence-corrected chi connectivity index (χ1v) is 17.4. The van der Waals surface area contributed by atoms with Crippen molar-refractivity contribution in [2.24, 2.45) is 0 Å². The van der Waals surface area contributed by atoms with Crippen LogP contribution in [0.5, 0.6) is 11.5 Å². The summed E-state index contributed by atoms with van der Waals surface area (Å²) in [4.78, 5) is 1.11. The molecule has 0 saturated heterocycles. The Bertz CT molecular complexity index is 2080. The molecule has 3 aromatic rings. The van der Waals surface area contributed by atoms with Crippen molar-refractivity contribution in [2.45, 2.75) is 61.2 Å². The molecule has 0 spiro atoms. The van der Waals surface area contributed by atoms with Crippen LogP contribution >= 0.6 is 0 Å². The fourth-order valence-corrected chi connectivity index (χ4v) is 9.18. The standard InChI is InChI=1S/C31H30N2O7S2/c34-41(35,36)20-9-10-21(26(17-20)42(37,38)39)27-24-15-18-5-1-11-32-13-3-7-22(28(18)32)30(24)40-31-23-8-4-14-33-12-2-6-19(29(23)33)16-25(27)31/h9-10,15-17H,1-8,11-14H2,(H-,34,35,36,37,38,39). The second kappa shape index (κ2) is 9.12. The summed E-state index contributed by atoms with van der Waals surface area (Å²) in [6.45, 7) is 3.94. The number of ether oxygens (including phenoxy) is 1. The van der Waals surface area contributed by atoms with E-state index in [1.165, 1.54) is 28.2 Å². The molecule has 0 atom stereocenters. The molecule has 5 aliphatic rings. The summed E-state index contributed by atoms with van der Waals surface area (Å²) in [7, 11) is -9.88. The smallest absolute Gasteiger partial charge is 0.295 e. The Kier molecular flexibility index (Phi) is 5.73. The fourth-order valence-electron chi connectivity index (χ4n) is 7.88. The Morgan fingerprint density at radius 1 is 0.810 bits per heavy atom. The van der Waals surface area contributed by atoms with Crippen LogP contribution in [-0.2, 0) is 45.9 Å². The molecule has 1 N–H and O–H groups in total. The topological polar surface area (TPSA) is 127 Å². The van der Waals surface area contributed by atoms with Gasteiger partial charge in [-0.05, 0) is 68.4 Å². The number of benzene rings is 3. The second-order valence-corrected chi connectivity index (χ2v) is 14.7. The minimum atomic E-state index is -4.97. The highest BCUT2D eigenvalue weighted by atomic mass is 32.2. The third-order valence-electron chi connectivity index (χ3n) is 9.48. The predicted molar refractivity (Wildman–Crippen MR) is 155 cm³/mol. The molecule has 0 aliphatic carbocycles. The average Bonchev–Trinajstić information content (AvgIpc) is 2.96. The van der Waals surface area contributed by atoms with Crippen LogP contribution in [0.2, 0.25) is 0 Å². The molecular formula is C31H30N2O7S2. The van der Waals surface area contributed by atoms with Gasteiger partial charge in [0.05, 0.1) is 10.5 Å². The van der Waals surface area contributed by atoms with Crippen molar-refractivity contribution in [3.8, 4) is 11.5 Å². The van der Waals surface area contributed by atoms with Crippen LogP contribution in [0.25, 0.3) is 5.57 Å². The fraction of sp³-hybridized carbons (Fsp3) is 0.387. The van der Waals surface area contributed by atoms with Crippen molar-refractivity contribution < 1.29 is 30.7 Å². The second-order valence-electron chi connectivity index (χ2n) is 11.9. The van der Waals surface area contributed by atoms with Crippen LogP contribution in [0.3, 0.4) is 0 Å². The van der Waals surface area contributed by atoms with Gasteiger partial charge < -0.3 is 14.2 Å². The average molecular weight is 607 g/mol. The zero-order valence-electron chi connectivity index (χ0n) is 23.0. The summed E-state index contributed by atoms with van der Waals surface area (Å²) in [5.74, 6) is 1.41. The number of hydrogen-bond donors (Lipinski definition) is 1. The maximum absolute atomic E-state index is 12.8. The third kappa shape index (κ3) is 3.90. The summed E-state index contributed by atoms with van der Waals surface area (Å²) in [5.41, 5.74) is 7.26. The maximum atomic E-state index is 12.8. The van der Waals surface area contributed by atoms with Crippen molar-refractivity contribution in [1.82, 2.24) is 4.58 Å². The Hall–Kier alpha value is -3.25. The quantitative estimate of drug-likeness (QED) is 0.278. The van der Waals surface area contributed by atoms with Gasteiger partial charge in [-0.1, -0.05) is 6.07 Å². The van der Waals surface area contributed by atoms with Crippen LogP contribution in [0, 0.1) is 0 Å². The number of hydrogen-bond acceptors (Lipinski definition) is 7. The van der Waals surface area contributed by atoms with E-state index in [1.54, 1.807) is 0 Å². The molecule has 42 heavy (non-hydrogen) atoms. The number of anilines is 1.